The first-order valence-corrected chi connectivity index (χ1v) is 5.32. The summed E-state index contributed by atoms with van der Waals surface area (Å²) >= 11 is 0. The molecule has 0 atom stereocenters. The van der Waals surface area contributed by atoms with Gasteiger partial charge in [-0.3, -0.25) is 20.2 Å². The maximum Gasteiger partial charge on any atom is 0.322 e. The summed E-state index contributed by atoms with van der Waals surface area (Å²) in [6.45, 7) is 6.58. The first-order valence-electron chi connectivity index (χ1n) is 5.32. The molecule has 18 heavy (non-hydrogen) atoms. The summed E-state index contributed by atoms with van der Waals surface area (Å²) < 4.78 is 0. The molecule has 100 valence electrons. The van der Waals surface area contributed by atoms with Crippen molar-refractivity contribution in [1.82, 2.24) is 21.3 Å². The average Bonchev–Trinajstić information content (AvgIpc) is 2.50. The molecular formula is C10H16N4O4. The topological polar surface area (TPSA) is 116 Å². The van der Waals surface area contributed by atoms with Gasteiger partial charge in [0.1, 0.15) is 11.1 Å². The molecule has 0 aliphatic carbocycles. The number of amides is 6. The van der Waals surface area contributed by atoms with Crippen molar-refractivity contribution < 1.29 is 19.2 Å². The lowest BCUT2D eigenvalue weighted by Gasteiger charge is -2.11. The summed E-state index contributed by atoms with van der Waals surface area (Å²) in [6, 6.07) is -0.824. The second-order valence-electron chi connectivity index (χ2n) is 5.07. The van der Waals surface area contributed by atoms with E-state index >= 15 is 0 Å². The van der Waals surface area contributed by atoms with Gasteiger partial charge in [0, 0.05) is 0 Å². The molecule has 0 aromatic rings. The molecule has 2 saturated heterocycles. The fourth-order valence-electron chi connectivity index (χ4n) is 1.26. The maximum atomic E-state index is 10.7. The number of urea groups is 2. The van der Waals surface area contributed by atoms with Crippen LogP contribution in [0.1, 0.15) is 27.7 Å². The van der Waals surface area contributed by atoms with Crippen LogP contribution in [0.15, 0.2) is 0 Å². The van der Waals surface area contributed by atoms with Crippen molar-refractivity contribution in [3.8, 4) is 0 Å². The summed E-state index contributed by atoms with van der Waals surface area (Å²) in [5.41, 5.74) is -1.45. The largest absolute Gasteiger partial charge is 0.324 e. The van der Waals surface area contributed by atoms with Crippen LogP contribution in [0.2, 0.25) is 0 Å². The molecule has 2 aliphatic rings. The Labute approximate surface area is 104 Å². The lowest BCUT2D eigenvalue weighted by molar-refractivity contribution is -0.123. The van der Waals surface area contributed by atoms with E-state index in [0.29, 0.717) is 0 Å². The molecule has 0 aromatic carbocycles. The zero-order chi connectivity index (χ0) is 14.1. The smallest absolute Gasteiger partial charge is 0.322 e. The van der Waals surface area contributed by atoms with E-state index in [1.807, 2.05) is 0 Å². The highest BCUT2D eigenvalue weighted by molar-refractivity contribution is 6.06. The van der Waals surface area contributed by atoms with Gasteiger partial charge in [0.25, 0.3) is 11.8 Å². The van der Waals surface area contributed by atoms with Gasteiger partial charge in [0.05, 0.1) is 0 Å². The van der Waals surface area contributed by atoms with Gasteiger partial charge in [0.15, 0.2) is 0 Å². The lowest BCUT2D eigenvalue weighted by Crippen LogP contribution is -2.39. The molecule has 0 aromatic heterocycles. The van der Waals surface area contributed by atoms with E-state index in [1.165, 1.54) is 0 Å². The Balaban J connectivity index is 0.000000180. The van der Waals surface area contributed by atoms with Gasteiger partial charge in [-0.15, -0.1) is 0 Å². The van der Waals surface area contributed by atoms with Crippen molar-refractivity contribution in [2.75, 3.05) is 0 Å². The monoisotopic (exact) mass is 256 g/mol. The quantitative estimate of drug-likeness (QED) is 0.425. The van der Waals surface area contributed by atoms with E-state index in [0.717, 1.165) is 0 Å². The molecular weight excluding hydrogens is 240 g/mol. The van der Waals surface area contributed by atoms with Crippen LogP contribution in [-0.2, 0) is 9.59 Å². The van der Waals surface area contributed by atoms with E-state index < -0.39 is 23.1 Å². The van der Waals surface area contributed by atoms with Crippen molar-refractivity contribution in [3.05, 3.63) is 0 Å². The SMILES string of the molecule is CC1(C)NC(=O)NC1=O.CC1(C)NC(=O)NC1=O. The molecule has 2 rings (SSSR count). The van der Waals surface area contributed by atoms with E-state index in [-0.39, 0.29) is 11.8 Å². The van der Waals surface area contributed by atoms with Gasteiger partial charge in [-0.05, 0) is 27.7 Å². The number of hydrogen-bond donors (Lipinski definition) is 4. The Hall–Kier alpha value is -2.12. The molecule has 0 bridgehead atoms. The minimum absolute atomic E-state index is 0.271. The Morgan fingerprint density at radius 2 is 0.944 bits per heavy atom. The molecule has 2 heterocycles. The van der Waals surface area contributed by atoms with Crippen LogP contribution in [0.5, 0.6) is 0 Å². The van der Waals surface area contributed by atoms with Gasteiger partial charge >= 0.3 is 12.1 Å². The molecule has 2 aliphatic heterocycles. The highest BCUT2D eigenvalue weighted by atomic mass is 16.2. The van der Waals surface area contributed by atoms with Gasteiger partial charge in [-0.1, -0.05) is 0 Å². The van der Waals surface area contributed by atoms with Crippen LogP contribution in [-0.4, -0.2) is 35.0 Å². The van der Waals surface area contributed by atoms with Crippen LogP contribution < -0.4 is 21.3 Å². The first kappa shape index (κ1) is 13.9. The number of rotatable bonds is 0. The summed E-state index contributed by atoms with van der Waals surface area (Å²) in [5, 5.41) is 9.12. The molecule has 0 saturated carbocycles. The average molecular weight is 256 g/mol. The van der Waals surface area contributed by atoms with E-state index in [9.17, 15) is 19.2 Å². The Morgan fingerprint density at radius 1 is 0.667 bits per heavy atom. The second kappa shape index (κ2) is 4.28. The highest BCUT2D eigenvalue weighted by Gasteiger charge is 2.37. The number of hydrogen-bond acceptors (Lipinski definition) is 4. The highest BCUT2D eigenvalue weighted by Crippen LogP contribution is 2.06. The van der Waals surface area contributed by atoms with Crippen LogP contribution in [0, 0.1) is 0 Å². The fraction of sp³-hybridized carbons (Fsp3) is 0.600. The maximum absolute atomic E-state index is 10.7. The molecule has 4 N–H and O–H groups in total. The summed E-state index contributed by atoms with van der Waals surface area (Å²) in [6.07, 6.45) is 0. The van der Waals surface area contributed by atoms with Crippen molar-refractivity contribution >= 4 is 23.9 Å². The minimum atomic E-state index is -0.725. The standard InChI is InChI=1S/2C5H8N2O2/c2*1-5(2)3(8)6-4(9)7-5/h2*1-2H3,(H2,6,7,8,9). The molecule has 8 nitrogen and oxygen atoms in total. The van der Waals surface area contributed by atoms with Crippen molar-refractivity contribution in [2.24, 2.45) is 0 Å². The zero-order valence-electron chi connectivity index (χ0n) is 10.6. The molecule has 2 fully saturated rings. The van der Waals surface area contributed by atoms with Crippen molar-refractivity contribution in [1.29, 1.82) is 0 Å². The Kier molecular flexibility index (Phi) is 3.32. The van der Waals surface area contributed by atoms with Gasteiger partial charge in [0.2, 0.25) is 0 Å². The molecule has 0 unspecified atom stereocenters. The van der Waals surface area contributed by atoms with Crippen molar-refractivity contribution in [2.45, 2.75) is 38.8 Å². The second-order valence-corrected chi connectivity index (χ2v) is 5.07. The lowest BCUT2D eigenvalue weighted by atomic mass is 10.1. The Morgan fingerprint density at radius 3 is 1.00 bits per heavy atom. The van der Waals surface area contributed by atoms with Crippen LogP contribution in [0.3, 0.4) is 0 Å². The summed E-state index contributed by atoms with van der Waals surface area (Å²) in [4.78, 5) is 42.3. The van der Waals surface area contributed by atoms with Gasteiger partial charge in [-0.2, -0.15) is 0 Å². The molecule has 0 radical (unpaired) electrons. The summed E-state index contributed by atoms with van der Waals surface area (Å²) in [5.74, 6) is -0.542. The fourth-order valence-corrected chi connectivity index (χ4v) is 1.26. The van der Waals surface area contributed by atoms with E-state index in [1.54, 1.807) is 27.7 Å². The van der Waals surface area contributed by atoms with Crippen LogP contribution >= 0.6 is 0 Å². The molecule has 6 amide bonds. The molecule has 0 spiro atoms. The van der Waals surface area contributed by atoms with Crippen LogP contribution in [0.25, 0.3) is 0 Å². The van der Waals surface area contributed by atoms with E-state index in [4.69, 9.17) is 0 Å². The Bertz CT molecular complexity index is 388. The number of carbonyl (C=O) groups excluding carboxylic acids is 4. The summed E-state index contributed by atoms with van der Waals surface area (Å²) in [7, 11) is 0. The first-order chi connectivity index (χ1) is 8.04. The van der Waals surface area contributed by atoms with Gasteiger partial charge in [-0.25, -0.2) is 9.59 Å². The number of nitrogens with one attached hydrogen (secondary N) is 4. The zero-order valence-corrected chi connectivity index (χ0v) is 10.6. The normalized spacial score (nSPS) is 23.3. The third-order valence-corrected chi connectivity index (χ3v) is 2.44. The predicted octanol–water partition coefficient (Wildman–Crippen LogP) is -0.791. The number of carbonyl (C=O) groups is 4. The predicted molar refractivity (Wildman–Crippen MR) is 61.5 cm³/mol. The third kappa shape index (κ3) is 2.96. The third-order valence-electron chi connectivity index (χ3n) is 2.44. The van der Waals surface area contributed by atoms with E-state index in [2.05, 4.69) is 21.3 Å². The van der Waals surface area contributed by atoms with Gasteiger partial charge < -0.3 is 10.6 Å². The molecule has 8 heteroatoms. The van der Waals surface area contributed by atoms with Crippen LogP contribution in [0.4, 0.5) is 9.59 Å². The number of imide groups is 2. The minimum Gasteiger partial charge on any atom is -0.324 e. The van der Waals surface area contributed by atoms with Crippen molar-refractivity contribution in [3.63, 3.8) is 0 Å².